The van der Waals surface area contributed by atoms with Gasteiger partial charge in [-0.2, -0.15) is 0 Å². The van der Waals surface area contributed by atoms with E-state index in [4.69, 9.17) is 11.6 Å². The van der Waals surface area contributed by atoms with E-state index < -0.39 is 5.60 Å². The van der Waals surface area contributed by atoms with Crippen LogP contribution in [0, 0.1) is 0 Å². The molecule has 11 heavy (non-hydrogen) atoms. The van der Waals surface area contributed by atoms with E-state index >= 15 is 0 Å². The Labute approximate surface area is 73.3 Å². The predicted molar refractivity (Wildman–Crippen MR) is 48.8 cm³/mol. The second-order valence-corrected chi connectivity index (χ2v) is 3.51. The number of nitrogens with one attached hydrogen (secondary N) is 1. The van der Waals surface area contributed by atoms with Crippen LogP contribution in [-0.4, -0.2) is 23.8 Å². The first-order valence-corrected chi connectivity index (χ1v) is 4.12. The number of hydrogen-bond acceptors (Lipinski definition) is 2. The van der Waals surface area contributed by atoms with Gasteiger partial charge in [-0.05, 0) is 13.3 Å². The predicted octanol–water partition coefficient (Wildman–Crippen LogP) is 1.49. The molecule has 0 fully saturated rings. The molecule has 2 nitrogen and oxygen atoms in total. The minimum absolute atomic E-state index is 0.551. The third-order valence-electron chi connectivity index (χ3n) is 1.58. The lowest BCUT2D eigenvalue weighted by molar-refractivity contribution is 0.0568. The quantitative estimate of drug-likeness (QED) is 0.667. The summed E-state index contributed by atoms with van der Waals surface area (Å²) < 4.78 is 0. The van der Waals surface area contributed by atoms with Crippen LogP contribution in [0.4, 0.5) is 0 Å². The number of halogens is 1. The van der Waals surface area contributed by atoms with Gasteiger partial charge in [0.25, 0.3) is 0 Å². The zero-order valence-electron chi connectivity index (χ0n) is 7.15. The lowest BCUT2D eigenvalue weighted by Gasteiger charge is -2.21. The van der Waals surface area contributed by atoms with Gasteiger partial charge in [0, 0.05) is 18.1 Å². The molecule has 0 aliphatic heterocycles. The van der Waals surface area contributed by atoms with Crippen molar-refractivity contribution in [3.8, 4) is 0 Å². The molecule has 2 N–H and O–H groups in total. The average Bonchev–Trinajstić information content (AvgIpc) is 1.87. The molecule has 0 aromatic carbocycles. The minimum Gasteiger partial charge on any atom is -0.389 e. The maximum atomic E-state index is 9.50. The van der Waals surface area contributed by atoms with Crippen molar-refractivity contribution in [2.24, 2.45) is 0 Å². The molecule has 0 spiro atoms. The molecular formula is C8H16ClNO. The highest BCUT2D eigenvalue weighted by Crippen LogP contribution is 2.06. The lowest BCUT2D eigenvalue weighted by atomic mass is 10.0. The average molecular weight is 178 g/mol. The Morgan fingerprint density at radius 2 is 2.27 bits per heavy atom. The van der Waals surface area contributed by atoms with Crippen molar-refractivity contribution in [1.29, 1.82) is 0 Å². The fourth-order valence-electron chi connectivity index (χ4n) is 0.592. The van der Waals surface area contributed by atoms with Crippen LogP contribution < -0.4 is 5.32 Å². The van der Waals surface area contributed by atoms with Crippen molar-refractivity contribution >= 4 is 11.6 Å². The van der Waals surface area contributed by atoms with Gasteiger partial charge in [-0.1, -0.05) is 25.1 Å². The fourth-order valence-corrected chi connectivity index (χ4v) is 0.687. The van der Waals surface area contributed by atoms with Gasteiger partial charge in [0.05, 0.1) is 5.60 Å². The van der Waals surface area contributed by atoms with E-state index in [0.717, 1.165) is 6.42 Å². The van der Waals surface area contributed by atoms with Crippen LogP contribution in [0.3, 0.4) is 0 Å². The number of aliphatic hydroxyl groups is 1. The van der Waals surface area contributed by atoms with Crippen LogP contribution in [0.1, 0.15) is 20.3 Å². The van der Waals surface area contributed by atoms with Crippen molar-refractivity contribution < 1.29 is 5.11 Å². The molecule has 3 heteroatoms. The largest absolute Gasteiger partial charge is 0.389 e. The van der Waals surface area contributed by atoms with Gasteiger partial charge < -0.3 is 10.4 Å². The second-order valence-electron chi connectivity index (χ2n) is 2.97. The number of rotatable bonds is 5. The lowest BCUT2D eigenvalue weighted by Crippen LogP contribution is -2.37. The van der Waals surface area contributed by atoms with E-state index in [0.29, 0.717) is 18.1 Å². The Bertz CT molecular complexity index is 134. The summed E-state index contributed by atoms with van der Waals surface area (Å²) in [6.45, 7) is 8.36. The standard InChI is InChI=1S/C8H16ClNO/c1-4-8(3,11)6-10-5-7(2)9/h10-11H,2,4-6H2,1,3H3. The zero-order chi connectivity index (χ0) is 8.91. The maximum absolute atomic E-state index is 9.50. The molecular weight excluding hydrogens is 162 g/mol. The van der Waals surface area contributed by atoms with E-state index in [9.17, 15) is 5.11 Å². The summed E-state index contributed by atoms with van der Waals surface area (Å²) >= 11 is 5.51. The van der Waals surface area contributed by atoms with E-state index in [1.165, 1.54) is 0 Å². The van der Waals surface area contributed by atoms with Gasteiger partial charge in [0.1, 0.15) is 0 Å². The summed E-state index contributed by atoms with van der Waals surface area (Å²) in [4.78, 5) is 0. The smallest absolute Gasteiger partial charge is 0.0741 e. The molecule has 0 radical (unpaired) electrons. The Morgan fingerprint density at radius 1 is 1.73 bits per heavy atom. The first-order chi connectivity index (χ1) is 4.98. The molecule has 1 atom stereocenters. The molecule has 0 aromatic rings. The monoisotopic (exact) mass is 177 g/mol. The number of hydrogen-bond donors (Lipinski definition) is 2. The van der Waals surface area contributed by atoms with Crippen LogP contribution in [0.25, 0.3) is 0 Å². The molecule has 0 saturated carbocycles. The minimum atomic E-state index is -0.633. The van der Waals surface area contributed by atoms with Crippen molar-refractivity contribution in [2.45, 2.75) is 25.9 Å². The van der Waals surface area contributed by atoms with Crippen molar-refractivity contribution in [3.05, 3.63) is 11.6 Å². The Balaban J connectivity index is 3.45. The fraction of sp³-hybridized carbons (Fsp3) is 0.750. The Morgan fingerprint density at radius 3 is 2.64 bits per heavy atom. The normalized spacial score (nSPS) is 16.0. The van der Waals surface area contributed by atoms with Gasteiger partial charge in [-0.25, -0.2) is 0 Å². The summed E-state index contributed by atoms with van der Waals surface area (Å²) in [7, 11) is 0. The molecule has 0 rings (SSSR count). The van der Waals surface area contributed by atoms with Gasteiger partial charge in [0.2, 0.25) is 0 Å². The molecule has 0 aliphatic rings. The van der Waals surface area contributed by atoms with E-state index in [2.05, 4.69) is 11.9 Å². The molecule has 0 amide bonds. The molecule has 0 aliphatic carbocycles. The first kappa shape index (κ1) is 11.0. The Hall–Kier alpha value is -0.0500. The summed E-state index contributed by atoms with van der Waals surface area (Å²) in [5, 5.41) is 13.1. The molecule has 1 unspecified atom stereocenters. The highest BCUT2D eigenvalue weighted by molar-refractivity contribution is 6.29. The summed E-state index contributed by atoms with van der Waals surface area (Å²) in [5.74, 6) is 0. The van der Waals surface area contributed by atoms with Crippen LogP contribution in [0.2, 0.25) is 0 Å². The van der Waals surface area contributed by atoms with E-state index in [1.54, 1.807) is 6.92 Å². The summed E-state index contributed by atoms with van der Waals surface area (Å²) in [5.41, 5.74) is -0.633. The molecule has 0 bridgehead atoms. The molecule has 66 valence electrons. The van der Waals surface area contributed by atoms with Crippen LogP contribution in [0.5, 0.6) is 0 Å². The molecule has 0 heterocycles. The third kappa shape index (κ3) is 6.35. The Kier molecular flexibility index (Phi) is 4.73. The van der Waals surface area contributed by atoms with Gasteiger partial charge in [0.15, 0.2) is 0 Å². The summed E-state index contributed by atoms with van der Waals surface area (Å²) in [6, 6.07) is 0. The van der Waals surface area contributed by atoms with Crippen molar-refractivity contribution in [1.82, 2.24) is 5.32 Å². The summed E-state index contributed by atoms with van der Waals surface area (Å²) in [6.07, 6.45) is 0.731. The van der Waals surface area contributed by atoms with Gasteiger partial charge >= 0.3 is 0 Å². The highest BCUT2D eigenvalue weighted by Gasteiger charge is 2.15. The van der Waals surface area contributed by atoms with Gasteiger partial charge in [-0.15, -0.1) is 0 Å². The van der Waals surface area contributed by atoms with E-state index in [-0.39, 0.29) is 0 Å². The van der Waals surface area contributed by atoms with Crippen LogP contribution in [-0.2, 0) is 0 Å². The zero-order valence-corrected chi connectivity index (χ0v) is 7.91. The molecule has 0 aromatic heterocycles. The maximum Gasteiger partial charge on any atom is 0.0741 e. The molecule has 0 saturated heterocycles. The van der Waals surface area contributed by atoms with E-state index in [1.807, 2.05) is 6.92 Å². The van der Waals surface area contributed by atoms with Crippen molar-refractivity contribution in [3.63, 3.8) is 0 Å². The van der Waals surface area contributed by atoms with Crippen LogP contribution >= 0.6 is 11.6 Å². The topological polar surface area (TPSA) is 32.3 Å². The van der Waals surface area contributed by atoms with Crippen molar-refractivity contribution in [2.75, 3.05) is 13.1 Å². The van der Waals surface area contributed by atoms with Crippen LogP contribution in [0.15, 0.2) is 11.6 Å². The third-order valence-corrected chi connectivity index (χ3v) is 1.72. The first-order valence-electron chi connectivity index (χ1n) is 3.74. The van der Waals surface area contributed by atoms with Gasteiger partial charge in [-0.3, -0.25) is 0 Å². The second kappa shape index (κ2) is 4.75. The SMILES string of the molecule is C=C(Cl)CNCC(C)(O)CC. The highest BCUT2D eigenvalue weighted by atomic mass is 35.5.